The minimum Gasteiger partial charge on any atom is -0.327 e. The summed E-state index contributed by atoms with van der Waals surface area (Å²) in [7, 11) is 0. The molecule has 2 atom stereocenters. The van der Waals surface area contributed by atoms with E-state index in [1.165, 1.54) is 56.5 Å². The summed E-state index contributed by atoms with van der Waals surface area (Å²) < 4.78 is 0. The summed E-state index contributed by atoms with van der Waals surface area (Å²) in [4.78, 5) is 0. The van der Waals surface area contributed by atoms with Gasteiger partial charge in [-0.2, -0.15) is 11.8 Å². The van der Waals surface area contributed by atoms with Crippen molar-refractivity contribution in [2.24, 2.45) is 17.6 Å². The highest BCUT2D eigenvalue weighted by Gasteiger charge is 2.25. The van der Waals surface area contributed by atoms with Crippen LogP contribution in [-0.4, -0.2) is 17.5 Å². The van der Waals surface area contributed by atoms with Gasteiger partial charge in [0, 0.05) is 6.04 Å². The molecule has 82 valence electrons. The topological polar surface area (TPSA) is 26.0 Å². The van der Waals surface area contributed by atoms with Gasteiger partial charge in [-0.3, -0.25) is 0 Å². The van der Waals surface area contributed by atoms with Gasteiger partial charge in [-0.05, 0) is 55.4 Å². The van der Waals surface area contributed by atoms with Gasteiger partial charge in [0.25, 0.3) is 0 Å². The molecule has 2 N–H and O–H groups in total. The van der Waals surface area contributed by atoms with Crippen molar-refractivity contribution in [2.45, 2.75) is 51.0 Å². The van der Waals surface area contributed by atoms with Gasteiger partial charge in [-0.1, -0.05) is 12.8 Å². The Kier molecular flexibility index (Phi) is 4.18. The lowest BCUT2D eigenvalue weighted by Crippen LogP contribution is -2.34. The minimum atomic E-state index is 0.526. The molecule has 2 aliphatic rings. The Balaban J connectivity index is 1.76. The van der Waals surface area contributed by atoms with Crippen LogP contribution in [0, 0.1) is 11.8 Å². The molecule has 1 aliphatic carbocycles. The summed E-state index contributed by atoms with van der Waals surface area (Å²) in [5, 5.41) is 0. The van der Waals surface area contributed by atoms with Gasteiger partial charge in [0.05, 0.1) is 0 Å². The van der Waals surface area contributed by atoms with E-state index in [9.17, 15) is 0 Å². The van der Waals surface area contributed by atoms with E-state index in [-0.39, 0.29) is 0 Å². The largest absolute Gasteiger partial charge is 0.327 e. The molecule has 0 bridgehead atoms. The first-order chi connectivity index (χ1) is 6.86. The van der Waals surface area contributed by atoms with E-state index >= 15 is 0 Å². The molecule has 1 saturated heterocycles. The maximum Gasteiger partial charge on any atom is 0.00672 e. The van der Waals surface area contributed by atoms with Crippen LogP contribution < -0.4 is 5.73 Å². The van der Waals surface area contributed by atoms with Crippen LogP contribution >= 0.6 is 11.8 Å². The summed E-state index contributed by atoms with van der Waals surface area (Å²) in [5.41, 5.74) is 6.19. The van der Waals surface area contributed by atoms with E-state index in [0.717, 1.165) is 11.8 Å². The fourth-order valence-corrected chi connectivity index (χ4v) is 4.14. The summed E-state index contributed by atoms with van der Waals surface area (Å²) in [5.74, 6) is 4.65. The van der Waals surface area contributed by atoms with Crippen LogP contribution in [0.3, 0.4) is 0 Å². The van der Waals surface area contributed by atoms with Gasteiger partial charge < -0.3 is 5.73 Å². The maximum absolute atomic E-state index is 6.19. The Hall–Kier alpha value is 0.310. The van der Waals surface area contributed by atoms with Crippen molar-refractivity contribution in [1.29, 1.82) is 0 Å². The monoisotopic (exact) mass is 213 g/mol. The lowest BCUT2D eigenvalue weighted by Gasteiger charge is -2.32. The molecule has 1 aliphatic heterocycles. The molecule has 14 heavy (non-hydrogen) atoms. The Labute approximate surface area is 92.2 Å². The van der Waals surface area contributed by atoms with Gasteiger partial charge >= 0.3 is 0 Å². The Bertz CT molecular complexity index is 166. The van der Waals surface area contributed by atoms with Crippen molar-refractivity contribution in [3.8, 4) is 0 Å². The Morgan fingerprint density at radius 3 is 2.43 bits per heavy atom. The lowest BCUT2D eigenvalue weighted by molar-refractivity contribution is 0.245. The molecule has 2 fully saturated rings. The smallest absolute Gasteiger partial charge is 0.00672 e. The first-order valence-corrected chi connectivity index (χ1v) is 7.35. The summed E-state index contributed by atoms with van der Waals surface area (Å²) in [6.45, 7) is 0. The average molecular weight is 213 g/mol. The van der Waals surface area contributed by atoms with E-state index in [1.807, 2.05) is 0 Å². The fraction of sp³-hybridized carbons (Fsp3) is 1.00. The molecule has 1 nitrogen and oxygen atoms in total. The average Bonchev–Trinajstić information content (AvgIpc) is 2.23. The molecule has 1 saturated carbocycles. The molecule has 2 rings (SSSR count). The van der Waals surface area contributed by atoms with Crippen molar-refractivity contribution in [3.05, 3.63) is 0 Å². The number of hydrogen-bond donors (Lipinski definition) is 1. The molecule has 0 aromatic carbocycles. The van der Waals surface area contributed by atoms with Crippen molar-refractivity contribution in [1.82, 2.24) is 0 Å². The van der Waals surface area contributed by atoms with Gasteiger partial charge in [0.15, 0.2) is 0 Å². The summed E-state index contributed by atoms with van der Waals surface area (Å²) in [6.07, 6.45) is 9.83. The second-order valence-electron chi connectivity index (χ2n) is 5.00. The number of thioether (sulfide) groups is 1. The quantitative estimate of drug-likeness (QED) is 0.763. The predicted octanol–water partition coefficient (Wildman–Crippen LogP) is 3.04. The Morgan fingerprint density at radius 2 is 1.71 bits per heavy atom. The number of hydrogen-bond acceptors (Lipinski definition) is 2. The SMILES string of the molecule is NC1CCCCC1CC1CCSCC1. The van der Waals surface area contributed by atoms with Crippen LogP contribution in [0.1, 0.15) is 44.9 Å². The molecule has 2 heteroatoms. The van der Waals surface area contributed by atoms with Gasteiger partial charge in [0.1, 0.15) is 0 Å². The molecule has 1 heterocycles. The Morgan fingerprint density at radius 1 is 1.00 bits per heavy atom. The predicted molar refractivity (Wildman–Crippen MR) is 64.6 cm³/mol. The van der Waals surface area contributed by atoms with Crippen LogP contribution in [0.4, 0.5) is 0 Å². The summed E-state index contributed by atoms with van der Waals surface area (Å²) in [6, 6.07) is 0.526. The third-order valence-corrected chi connectivity index (χ3v) is 4.99. The van der Waals surface area contributed by atoms with E-state index in [1.54, 1.807) is 0 Å². The van der Waals surface area contributed by atoms with Gasteiger partial charge in [-0.15, -0.1) is 0 Å². The fourth-order valence-electron chi connectivity index (χ4n) is 2.94. The molecule has 0 aromatic heterocycles. The number of rotatable bonds is 2. The second kappa shape index (κ2) is 5.41. The normalized spacial score (nSPS) is 35.8. The van der Waals surface area contributed by atoms with Crippen molar-refractivity contribution >= 4 is 11.8 Å². The maximum atomic E-state index is 6.19. The zero-order valence-electron chi connectivity index (χ0n) is 9.08. The van der Waals surface area contributed by atoms with Crippen LogP contribution in [0.5, 0.6) is 0 Å². The molecular weight excluding hydrogens is 190 g/mol. The standard InChI is InChI=1S/C12H23NS/c13-12-4-2-1-3-11(12)9-10-5-7-14-8-6-10/h10-12H,1-9,13H2. The number of nitrogens with two attached hydrogens (primary N) is 1. The van der Waals surface area contributed by atoms with Gasteiger partial charge in [0.2, 0.25) is 0 Å². The van der Waals surface area contributed by atoms with Crippen LogP contribution in [0.25, 0.3) is 0 Å². The second-order valence-corrected chi connectivity index (χ2v) is 6.22. The molecule has 0 amide bonds. The first-order valence-electron chi connectivity index (χ1n) is 6.19. The van der Waals surface area contributed by atoms with Gasteiger partial charge in [-0.25, -0.2) is 0 Å². The highest BCUT2D eigenvalue weighted by atomic mass is 32.2. The summed E-state index contributed by atoms with van der Waals surface area (Å²) >= 11 is 2.13. The van der Waals surface area contributed by atoms with Crippen LogP contribution in [0.15, 0.2) is 0 Å². The highest BCUT2D eigenvalue weighted by molar-refractivity contribution is 7.99. The zero-order chi connectivity index (χ0) is 9.80. The molecule has 0 radical (unpaired) electrons. The van der Waals surface area contributed by atoms with E-state index in [0.29, 0.717) is 6.04 Å². The van der Waals surface area contributed by atoms with Crippen molar-refractivity contribution in [2.75, 3.05) is 11.5 Å². The van der Waals surface area contributed by atoms with E-state index < -0.39 is 0 Å². The zero-order valence-corrected chi connectivity index (χ0v) is 9.90. The van der Waals surface area contributed by atoms with E-state index in [2.05, 4.69) is 11.8 Å². The third kappa shape index (κ3) is 2.90. The first kappa shape index (κ1) is 10.8. The van der Waals surface area contributed by atoms with E-state index in [4.69, 9.17) is 5.73 Å². The molecule has 2 unspecified atom stereocenters. The lowest BCUT2D eigenvalue weighted by atomic mass is 9.78. The molecule has 0 aromatic rings. The van der Waals surface area contributed by atoms with Crippen LogP contribution in [0.2, 0.25) is 0 Å². The molecule has 0 spiro atoms. The van der Waals surface area contributed by atoms with Crippen molar-refractivity contribution in [3.63, 3.8) is 0 Å². The minimum absolute atomic E-state index is 0.526. The third-order valence-electron chi connectivity index (χ3n) is 3.94. The highest BCUT2D eigenvalue weighted by Crippen LogP contribution is 2.33. The van der Waals surface area contributed by atoms with Crippen molar-refractivity contribution < 1.29 is 0 Å². The van der Waals surface area contributed by atoms with Crippen LogP contribution in [-0.2, 0) is 0 Å². The molecular formula is C12H23NS.